The standard InChI is InChI=1S/C17H20N2/c18-17(16-12-7-13-19-16,14-8-3-1-4-9-14)15-10-5-2-6-11-15/h1-6,8-11,16,19H,7,12-13,18H2. The molecule has 98 valence electrons. The Bertz CT molecular complexity index is 476. The van der Waals surface area contributed by atoms with E-state index < -0.39 is 5.54 Å². The van der Waals surface area contributed by atoms with Crippen LogP contribution in [-0.2, 0) is 5.54 Å². The minimum Gasteiger partial charge on any atom is -0.316 e. The number of hydrogen-bond donors (Lipinski definition) is 2. The van der Waals surface area contributed by atoms with Gasteiger partial charge in [-0.15, -0.1) is 0 Å². The Balaban J connectivity index is 2.10. The second-order valence-electron chi connectivity index (χ2n) is 5.25. The molecule has 0 bridgehead atoms. The monoisotopic (exact) mass is 252 g/mol. The van der Waals surface area contributed by atoms with Gasteiger partial charge in [0, 0.05) is 6.04 Å². The molecule has 1 heterocycles. The van der Waals surface area contributed by atoms with Crippen molar-refractivity contribution in [2.45, 2.75) is 24.4 Å². The quantitative estimate of drug-likeness (QED) is 0.881. The van der Waals surface area contributed by atoms with E-state index in [1.54, 1.807) is 0 Å². The van der Waals surface area contributed by atoms with Crippen molar-refractivity contribution in [3.63, 3.8) is 0 Å². The van der Waals surface area contributed by atoms with Crippen molar-refractivity contribution in [1.29, 1.82) is 0 Å². The second-order valence-corrected chi connectivity index (χ2v) is 5.25. The number of hydrogen-bond acceptors (Lipinski definition) is 2. The maximum atomic E-state index is 6.88. The molecule has 2 heteroatoms. The van der Waals surface area contributed by atoms with Crippen molar-refractivity contribution in [3.8, 4) is 0 Å². The van der Waals surface area contributed by atoms with Crippen molar-refractivity contribution in [3.05, 3.63) is 71.8 Å². The molecule has 1 atom stereocenters. The molecular formula is C17H20N2. The first kappa shape index (κ1) is 12.4. The molecule has 2 nitrogen and oxygen atoms in total. The van der Waals surface area contributed by atoms with Gasteiger partial charge in [-0.05, 0) is 30.5 Å². The van der Waals surface area contributed by atoms with Crippen LogP contribution in [0, 0.1) is 0 Å². The predicted octanol–water partition coefficient (Wildman–Crippen LogP) is 2.64. The van der Waals surface area contributed by atoms with Gasteiger partial charge in [-0.3, -0.25) is 0 Å². The van der Waals surface area contributed by atoms with Crippen LogP contribution in [0.5, 0.6) is 0 Å². The average Bonchev–Trinajstić information content (AvgIpc) is 3.03. The molecule has 2 aromatic carbocycles. The Morgan fingerprint density at radius 1 is 0.895 bits per heavy atom. The zero-order chi connectivity index (χ0) is 13.1. The summed E-state index contributed by atoms with van der Waals surface area (Å²) in [5, 5.41) is 3.57. The molecule has 1 aliphatic heterocycles. The number of nitrogens with two attached hydrogens (primary N) is 1. The zero-order valence-electron chi connectivity index (χ0n) is 11.0. The summed E-state index contributed by atoms with van der Waals surface area (Å²) in [6.07, 6.45) is 2.32. The van der Waals surface area contributed by atoms with Gasteiger partial charge in [0.2, 0.25) is 0 Å². The van der Waals surface area contributed by atoms with Crippen LogP contribution >= 0.6 is 0 Å². The number of rotatable bonds is 3. The Morgan fingerprint density at radius 2 is 1.42 bits per heavy atom. The van der Waals surface area contributed by atoms with E-state index in [0.29, 0.717) is 6.04 Å². The van der Waals surface area contributed by atoms with Crippen molar-refractivity contribution in [2.75, 3.05) is 6.54 Å². The summed E-state index contributed by atoms with van der Waals surface area (Å²) in [6.45, 7) is 1.06. The molecule has 1 fully saturated rings. The number of benzene rings is 2. The van der Waals surface area contributed by atoms with Gasteiger partial charge >= 0.3 is 0 Å². The molecule has 1 aliphatic rings. The molecule has 0 spiro atoms. The Labute approximate surface area is 114 Å². The molecule has 19 heavy (non-hydrogen) atoms. The average molecular weight is 252 g/mol. The smallest absolute Gasteiger partial charge is 0.0821 e. The predicted molar refractivity (Wildman–Crippen MR) is 78.9 cm³/mol. The highest BCUT2D eigenvalue weighted by atomic mass is 15.0. The lowest BCUT2D eigenvalue weighted by Gasteiger charge is -2.36. The maximum absolute atomic E-state index is 6.88. The zero-order valence-corrected chi connectivity index (χ0v) is 11.0. The molecule has 3 N–H and O–H groups in total. The largest absolute Gasteiger partial charge is 0.316 e. The lowest BCUT2D eigenvalue weighted by Crippen LogP contribution is -2.53. The van der Waals surface area contributed by atoms with Crippen LogP contribution in [0.1, 0.15) is 24.0 Å². The van der Waals surface area contributed by atoms with Gasteiger partial charge in [-0.25, -0.2) is 0 Å². The van der Waals surface area contributed by atoms with E-state index in [1.807, 2.05) is 12.1 Å². The maximum Gasteiger partial charge on any atom is 0.0821 e. The van der Waals surface area contributed by atoms with Crippen LogP contribution in [0.25, 0.3) is 0 Å². The minimum atomic E-state index is -0.445. The van der Waals surface area contributed by atoms with Gasteiger partial charge in [0.15, 0.2) is 0 Å². The van der Waals surface area contributed by atoms with Crippen molar-refractivity contribution >= 4 is 0 Å². The third-order valence-electron chi connectivity index (χ3n) is 4.11. The summed E-state index contributed by atoms with van der Waals surface area (Å²) in [6, 6.07) is 21.2. The molecule has 0 aliphatic carbocycles. The molecule has 0 amide bonds. The fourth-order valence-electron chi connectivity index (χ4n) is 3.07. The van der Waals surface area contributed by atoms with Crippen LogP contribution in [0.2, 0.25) is 0 Å². The van der Waals surface area contributed by atoms with E-state index in [4.69, 9.17) is 5.73 Å². The van der Waals surface area contributed by atoms with Crippen LogP contribution in [0.15, 0.2) is 60.7 Å². The summed E-state index contributed by atoms with van der Waals surface area (Å²) < 4.78 is 0. The van der Waals surface area contributed by atoms with Gasteiger partial charge < -0.3 is 11.1 Å². The third-order valence-corrected chi connectivity index (χ3v) is 4.11. The lowest BCUT2D eigenvalue weighted by atomic mass is 9.77. The van der Waals surface area contributed by atoms with Crippen LogP contribution in [-0.4, -0.2) is 12.6 Å². The van der Waals surface area contributed by atoms with Gasteiger partial charge in [0.25, 0.3) is 0 Å². The Hall–Kier alpha value is -1.64. The first-order valence-corrected chi connectivity index (χ1v) is 6.95. The van der Waals surface area contributed by atoms with Gasteiger partial charge in [-0.1, -0.05) is 60.7 Å². The highest BCUT2D eigenvalue weighted by Crippen LogP contribution is 2.33. The first-order chi connectivity index (χ1) is 9.32. The topological polar surface area (TPSA) is 38.0 Å². The summed E-state index contributed by atoms with van der Waals surface area (Å²) >= 11 is 0. The van der Waals surface area contributed by atoms with Crippen LogP contribution in [0.3, 0.4) is 0 Å². The molecule has 1 unspecified atom stereocenters. The Morgan fingerprint density at radius 3 is 1.84 bits per heavy atom. The first-order valence-electron chi connectivity index (χ1n) is 6.95. The number of nitrogens with one attached hydrogen (secondary N) is 1. The second kappa shape index (κ2) is 5.16. The molecule has 0 radical (unpaired) electrons. The summed E-state index contributed by atoms with van der Waals surface area (Å²) in [4.78, 5) is 0. The van der Waals surface area contributed by atoms with Gasteiger partial charge in [0.05, 0.1) is 5.54 Å². The van der Waals surface area contributed by atoms with Crippen LogP contribution < -0.4 is 11.1 Å². The normalized spacial score (nSPS) is 19.5. The third kappa shape index (κ3) is 2.18. The van der Waals surface area contributed by atoms with E-state index in [0.717, 1.165) is 13.0 Å². The molecule has 0 saturated carbocycles. The molecule has 3 rings (SSSR count). The highest BCUT2D eigenvalue weighted by Gasteiger charge is 2.39. The molecular weight excluding hydrogens is 232 g/mol. The van der Waals surface area contributed by atoms with E-state index in [2.05, 4.69) is 53.8 Å². The Kier molecular flexibility index (Phi) is 3.36. The van der Waals surface area contributed by atoms with Gasteiger partial charge in [-0.2, -0.15) is 0 Å². The van der Waals surface area contributed by atoms with E-state index in [9.17, 15) is 0 Å². The fourth-order valence-corrected chi connectivity index (χ4v) is 3.07. The van der Waals surface area contributed by atoms with Crippen molar-refractivity contribution in [2.24, 2.45) is 5.73 Å². The summed E-state index contributed by atoms with van der Waals surface area (Å²) in [5.41, 5.74) is 8.80. The SMILES string of the molecule is NC(c1ccccc1)(c1ccccc1)C1CCCN1. The molecule has 1 saturated heterocycles. The highest BCUT2D eigenvalue weighted by molar-refractivity contribution is 5.40. The molecule has 2 aromatic rings. The van der Waals surface area contributed by atoms with Gasteiger partial charge in [0.1, 0.15) is 0 Å². The van der Waals surface area contributed by atoms with E-state index >= 15 is 0 Å². The fraction of sp³-hybridized carbons (Fsp3) is 0.294. The van der Waals surface area contributed by atoms with E-state index in [-0.39, 0.29) is 0 Å². The summed E-state index contributed by atoms with van der Waals surface area (Å²) in [5.74, 6) is 0. The van der Waals surface area contributed by atoms with Crippen LogP contribution in [0.4, 0.5) is 0 Å². The van der Waals surface area contributed by atoms with Crippen molar-refractivity contribution < 1.29 is 0 Å². The summed E-state index contributed by atoms with van der Waals surface area (Å²) in [7, 11) is 0. The minimum absolute atomic E-state index is 0.303. The lowest BCUT2D eigenvalue weighted by molar-refractivity contribution is 0.387. The van der Waals surface area contributed by atoms with E-state index in [1.165, 1.54) is 17.5 Å². The van der Waals surface area contributed by atoms with Crippen molar-refractivity contribution in [1.82, 2.24) is 5.32 Å². The molecule has 0 aromatic heterocycles.